The van der Waals surface area contributed by atoms with Crippen molar-refractivity contribution < 1.29 is 50.3 Å². The molecule has 0 aliphatic rings. The fourth-order valence-corrected chi connectivity index (χ4v) is 8.72. The highest BCUT2D eigenvalue weighted by molar-refractivity contribution is 7.12. The summed E-state index contributed by atoms with van der Waals surface area (Å²) in [5.41, 5.74) is 7.78. The van der Waals surface area contributed by atoms with Gasteiger partial charge < -0.3 is 30.2 Å². The number of amides is 3. The predicted octanol–water partition coefficient (Wildman–Crippen LogP) is 8.03. The number of fused-ring (bicyclic) bond motifs is 2. The van der Waals surface area contributed by atoms with E-state index >= 15 is 0 Å². The number of aromatic nitrogens is 8. The summed E-state index contributed by atoms with van der Waals surface area (Å²) in [6, 6.07) is 12.3. The van der Waals surface area contributed by atoms with Gasteiger partial charge in [0.05, 0.1) is 75.9 Å². The van der Waals surface area contributed by atoms with Crippen molar-refractivity contribution >= 4 is 68.4 Å². The lowest BCUT2D eigenvalue weighted by atomic mass is 10.1. The molecule has 0 saturated carbocycles. The molecule has 0 aliphatic heterocycles. The number of hydrogen-bond donors (Lipinski definition) is 3. The van der Waals surface area contributed by atoms with Crippen molar-refractivity contribution in [1.82, 2.24) is 49.7 Å². The molecule has 364 valence electrons. The Kier molecular flexibility index (Phi) is 15.3. The number of nitrogens with two attached hydrogens (primary N) is 1. The zero-order valence-corrected chi connectivity index (χ0v) is 38.8. The summed E-state index contributed by atoms with van der Waals surface area (Å²) < 4.78 is 84.5. The quantitative estimate of drug-likeness (QED) is 0.0660. The minimum Gasteiger partial charge on any atom is -0.465 e. The van der Waals surface area contributed by atoms with E-state index in [2.05, 4.69) is 40.5 Å². The number of pyridine rings is 2. The molecule has 2 unspecified atom stereocenters. The van der Waals surface area contributed by atoms with E-state index in [0.717, 1.165) is 34.0 Å². The predicted molar refractivity (Wildman–Crippen MR) is 245 cm³/mol. The van der Waals surface area contributed by atoms with Crippen LogP contribution in [0.25, 0.3) is 22.1 Å². The Morgan fingerprint density at radius 2 is 1.04 bits per heavy atom. The lowest BCUT2D eigenvalue weighted by molar-refractivity contribution is -0.143. The van der Waals surface area contributed by atoms with E-state index in [1.807, 2.05) is 0 Å². The molecule has 24 heteroatoms. The lowest BCUT2D eigenvalue weighted by Crippen LogP contribution is -2.27. The zero-order chi connectivity index (χ0) is 50.3. The number of nitrogens with zero attached hydrogens (tertiary/aromatic N) is 8. The Balaban J connectivity index is 0.000000207. The third-order valence-corrected chi connectivity index (χ3v) is 12.7. The number of halogens is 6. The second-order valence-corrected chi connectivity index (χ2v) is 17.9. The first-order valence-electron chi connectivity index (χ1n) is 21.1. The second-order valence-electron chi connectivity index (χ2n) is 15.6. The number of esters is 1. The molecule has 0 fully saturated rings. The van der Waals surface area contributed by atoms with Gasteiger partial charge in [-0.15, -0.1) is 22.7 Å². The summed E-state index contributed by atoms with van der Waals surface area (Å²) in [5, 5.41) is 7.16. The Morgan fingerprint density at radius 3 is 1.43 bits per heavy atom. The Bertz CT molecular complexity index is 3150. The van der Waals surface area contributed by atoms with Gasteiger partial charge in [0.25, 0.3) is 11.8 Å². The number of nitrogens with one attached hydrogen (secondary N) is 2. The minimum atomic E-state index is -4.37. The van der Waals surface area contributed by atoms with E-state index < -0.39 is 47.2 Å². The number of thiazole rings is 2. The molecule has 0 bridgehead atoms. The molecule has 0 radical (unpaired) electrons. The highest BCUT2D eigenvalue weighted by atomic mass is 32.1. The molecular weight excluding hydrogens is 965 g/mol. The lowest BCUT2D eigenvalue weighted by Gasteiger charge is -2.11. The number of hydrogen-bond acceptors (Lipinski definition) is 13. The fraction of sp³-hybridized carbons (Fsp3) is 0.261. The van der Waals surface area contributed by atoms with E-state index in [0.29, 0.717) is 56.1 Å². The Labute approximate surface area is 402 Å². The van der Waals surface area contributed by atoms with Crippen LogP contribution in [0.15, 0.2) is 98.1 Å². The number of ether oxygens (including phenoxy) is 1. The van der Waals surface area contributed by atoms with Crippen LogP contribution in [-0.2, 0) is 52.6 Å². The summed E-state index contributed by atoms with van der Waals surface area (Å²) in [7, 11) is 0. The van der Waals surface area contributed by atoms with Gasteiger partial charge in [0.1, 0.15) is 35.5 Å². The monoisotopic (exact) mass is 1010 g/mol. The summed E-state index contributed by atoms with van der Waals surface area (Å²) in [4.78, 5) is 75.5. The van der Waals surface area contributed by atoms with Gasteiger partial charge >= 0.3 is 18.3 Å². The summed E-state index contributed by atoms with van der Waals surface area (Å²) in [6.45, 7) is 5.48. The van der Waals surface area contributed by atoms with Crippen molar-refractivity contribution in [3.63, 3.8) is 0 Å². The number of benzene rings is 2. The number of carbonyl (C=O) groups excluding carboxylic acids is 4. The van der Waals surface area contributed by atoms with Gasteiger partial charge in [-0.1, -0.05) is 24.3 Å². The van der Waals surface area contributed by atoms with Gasteiger partial charge in [-0.05, 0) is 68.3 Å². The normalized spacial score (nSPS) is 12.5. The smallest absolute Gasteiger partial charge is 0.416 e. The van der Waals surface area contributed by atoms with E-state index in [9.17, 15) is 45.5 Å². The summed E-state index contributed by atoms with van der Waals surface area (Å²) >= 11 is 2.73. The SMILES string of the molecule is CC(NC(=O)c1cc2c(cn1)ncn2CC(N)=O)c1cnc(Cc2ccc(C(F)(F)F)cc2)s1.CCOC(=O)Cn1cnc2cnc(C(=O)NC(C)c3cnc(Cc4ccc(C(F)(F)F)cc4)s3)cc21. The van der Waals surface area contributed by atoms with Crippen LogP contribution < -0.4 is 16.4 Å². The molecule has 0 spiro atoms. The molecule has 3 amide bonds. The van der Waals surface area contributed by atoms with Crippen LogP contribution in [0.2, 0.25) is 0 Å². The van der Waals surface area contributed by atoms with Crippen molar-refractivity contribution in [3.05, 3.63) is 152 Å². The third-order valence-electron chi connectivity index (χ3n) is 10.4. The van der Waals surface area contributed by atoms with Crippen LogP contribution >= 0.6 is 22.7 Å². The van der Waals surface area contributed by atoms with Gasteiger partial charge in [0.15, 0.2) is 0 Å². The maximum absolute atomic E-state index is 12.8. The number of primary amides is 1. The van der Waals surface area contributed by atoms with E-state index in [4.69, 9.17) is 10.5 Å². The standard InChI is InChI=1S/C24H22F3N5O3S.C22H19F3N6O2S/c1-3-35-22(33)12-32-13-30-18-10-28-17(9-19(18)32)23(34)31-14(2)20-11-29-21(36-20)8-15-4-6-16(7-5-15)24(25,26)27;1-12(18-9-28-20(34-18)6-13-2-4-14(5-3-13)22(23,24)25)30-21(33)15-7-17-16(8-27-15)29-11-31(17)10-19(26)32/h4-7,9-11,13-14H,3,8,12H2,1-2H3,(H,31,34);2-5,7-9,11-12H,6,10H2,1H3,(H2,26,32)(H,30,33). The van der Waals surface area contributed by atoms with Crippen LogP contribution in [0.4, 0.5) is 26.3 Å². The summed E-state index contributed by atoms with van der Waals surface area (Å²) in [5.74, 6) is -1.77. The van der Waals surface area contributed by atoms with Gasteiger partial charge in [-0.2, -0.15) is 26.3 Å². The van der Waals surface area contributed by atoms with Crippen LogP contribution in [-0.4, -0.2) is 69.3 Å². The van der Waals surface area contributed by atoms with Gasteiger partial charge in [-0.3, -0.25) is 19.2 Å². The van der Waals surface area contributed by atoms with Crippen LogP contribution in [0.5, 0.6) is 0 Å². The molecule has 0 saturated heterocycles. The average Bonchev–Trinajstić information content (AvgIpc) is 4.14. The van der Waals surface area contributed by atoms with Crippen molar-refractivity contribution in [3.8, 4) is 0 Å². The van der Waals surface area contributed by atoms with Crippen molar-refractivity contribution in [2.24, 2.45) is 5.73 Å². The number of rotatable bonds is 15. The molecule has 70 heavy (non-hydrogen) atoms. The minimum absolute atomic E-state index is 0.0333. The average molecular weight is 1010 g/mol. The maximum Gasteiger partial charge on any atom is 0.416 e. The van der Waals surface area contributed by atoms with Crippen molar-refractivity contribution in [1.29, 1.82) is 0 Å². The number of carbonyl (C=O) groups is 4. The molecule has 0 aliphatic carbocycles. The second kappa shape index (κ2) is 21.4. The largest absolute Gasteiger partial charge is 0.465 e. The number of alkyl halides is 6. The molecule has 6 heterocycles. The molecule has 16 nitrogen and oxygen atoms in total. The Hall–Kier alpha value is -7.60. The molecule has 6 aromatic heterocycles. The first-order chi connectivity index (χ1) is 33.2. The highest BCUT2D eigenvalue weighted by Crippen LogP contribution is 2.32. The van der Waals surface area contributed by atoms with E-state index in [-0.39, 0.29) is 43.2 Å². The third kappa shape index (κ3) is 12.7. The van der Waals surface area contributed by atoms with Crippen molar-refractivity contribution in [2.75, 3.05) is 6.61 Å². The van der Waals surface area contributed by atoms with Gasteiger partial charge in [0.2, 0.25) is 5.91 Å². The topological polar surface area (TPSA) is 215 Å². The zero-order valence-electron chi connectivity index (χ0n) is 37.2. The molecule has 2 atom stereocenters. The molecule has 4 N–H and O–H groups in total. The van der Waals surface area contributed by atoms with Gasteiger partial charge in [-0.25, -0.2) is 29.9 Å². The van der Waals surface area contributed by atoms with Crippen LogP contribution in [0.3, 0.4) is 0 Å². The maximum atomic E-state index is 12.8. The van der Waals surface area contributed by atoms with Gasteiger partial charge in [0, 0.05) is 35.0 Å². The van der Waals surface area contributed by atoms with Crippen molar-refractivity contribution in [2.45, 2.75) is 71.1 Å². The molecular formula is C46H41F6N11O5S2. The number of imidazole rings is 2. The van der Waals surface area contributed by atoms with E-state index in [1.165, 1.54) is 82.6 Å². The highest BCUT2D eigenvalue weighted by Gasteiger charge is 2.31. The Morgan fingerprint density at radius 1 is 0.629 bits per heavy atom. The first kappa shape index (κ1) is 50.3. The van der Waals surface area contributed by atoms with Crippen LogP contribution in [0, 0.1) is 0 Å². The first-order valence-corrected chi connectivity index (χ1v) is 22.8. The summed E-state index contributed by atoms with van der Waals surface area (Å²) in [6.07, 6.45) is 1.14. The van der Waals surface area contributed by atoms with E-state index in [1.54, 1.807) is 43.8 Å². The fourth-order valence-electron chi connectivity index (χ4n) is 6.80. The van der Waals surface area contributed by atoms with Crippen LogP contribution in [0.1, 0.15) is 95.9 Å². The molecule has 2 aromatic carbocycles. The molecule has 8 rings (SSSR count). The molecule has 8 aromatic rings.